The highest BCUT2D eigenvalue weighted by atomic mass is 35.5. The molecule has 0 spiro atoms. The first kappa shape index (κ1) is 34.4. The molecule has 2 aliphatic carbocycles. The van der Waals surface area contributed by atoms with Gasteiger partial charge in [-0.3, -0.25) is 4.79 Å². The molecule has 2 fully saturated rings. The summed E-state index contributed by atoms with van der Waals surface area (Å²) < 4.78 is 138. The van der Waals surface area contributed by atoms with Crippen LogP contribution in [0.5, 0.6) is 0 Å². The van der Waals surface area contributed by atoms with Crippen molar-refractivity contribution in [1.29, 1.82) is 0 Å². The van der Waals surface area contributed by atoms with E-state index < -0.39 is 80.5 Å². The Morgan fingerprint density at radius 3 is 2.09 bits per heavy atom. The van der Waals surface area contributed by atoms with Gasteiger partial charge in [0.25, 0.3) is 0 Å². The zero-order valence-electron chi connectivity index (χ0n) is 24.1. The predicted molar refractivity (Wildman–Crippen MR) is 148 cm³/mol. The number of halogens is 9. The summed E-state index contributed by atoms with van der Waals surface area (Å²) in [6.45, 7) is 1.43. The van der Waals surface area contributed by atoms with E-state index in [4.69, 9.17) is 11.6 Å². The van der Waals surface area contributed by atoms with Gasteiger partial charge in [0.2, 0.25) is 11.6 Å². The number of fused-ring (bicyclic) bond motifs is 3. The largest absolute Gasteiger partial charge is 0.479 e. The molecular weight excluding hydrogens is 674 g/mol. The number of carboxylic acid groups (broad SMARTS) is 1. The number of sulfone groups is 1. The Labute approximate surface area is 263 Å². The number of nitrogens with zero attached hydrogens (tertiary/aromatic N) is 1. The molecule has 5 rings (SSSR count). The molecule has 16 heteroatoms. The molecule has 2 aromatic carbocycles. The predicted octanol–water partition coefficient (Wildman–Crippen LogP) is 7.14. The van der Waals surface area contributed by atoms with Crippen molar-refractivity contribution < 1.29 is 58.2 Å². The summed E-state index contributed by atoms with van der Waals surface area (Å²) in [7, 11) is -4.60. The SMILES string of the molecule is Cc1ccc(S(=O)(=O)C23CCN(C(=O)C4CCC(F)(C(=O)O)CC4)C2CCc2cc(C(F)(C(F)(F)F)C(F)(F)F)ccc23)cc1Cl. The molecule has 2 aromatic rings. The average Bonchev–Trinajstić information content (AvgIpc) is 3.38. The molecule has 1 saturated carbocycles. The number of aryl methyl sites for hydroxylation is 2. The second-order valence-corrected chi connectivity index (χ2v) is 14.8. The lowest BCUT2D eigenvalue weighted by atomic mass is 9.76. The summed E-state index contributed by atoms with van der Waals surface area (Å²) in [5, 5.41) is 9.28. The highest BCUT2D eigenvalue weighted by molar-refractivity contribution is 7.92. The third-order valence-electron chi connectivity index (χ3n) is 9.79. The van der Waals surface area contributed by atoms with E-state index in [1.807, 2.05) is 0 Å². The summed E-state index contributed by atoms with van der Waals surface area (Å²) in [5.74, 6) is -3.06. The van der Waals surface area contributed by atoms with Crippen LogP contribution in [0.25, 0.3) is 0 Å². The molecule has 0 bridgehead atoms. The average molecular weight is 702 g/mol. The smallest absolute Gasteiger partial charge is 0.435 e. The maximum atomic E-state index is 15.0. The number of alkyl halides is 8. The van der Waals surface area contributed by atoms with E-state index in [2.05, 4.69) is 0 Å². The number of carboxylic acids is 1. The van der Waals surface area contributed by atoms with Crippen LogP contribution in [0.2, 0.25) is 5.02 Å². The van der Waals surface area contributed by atoms with Gasteiger partial charge in [-0.25, -0.2) is 22.0 Å². The lowest BCUT2D eigenvalue weighted by Gasteiger charge is -2.44. The van der Waals surface area contributed by atoms with Crippen LogP contribution >= 0.6 is 11.6 Å². The van der Waals surface area contributed by atoms with Gasteiger partial charge >= 0.3 is 24.0 Å². The molecule has 2 atom stereocenters. The Bertz CT molecular complexity index is 1670. The summed E-state index contributed by atoms with van der Waals surface area (Å²) in [6, 6.07) is 4.12. The number of carbonyl (C=O) groups is 2. The van der Waals surface area contributed by atoms with E-state index in [1.54, 1.807) is 6.92 Å². The Hall–Kier alpha value is -2.94. The zero-order valence-corrected chi connectivity index (χ0v) is 25.7. The third-order valence-corrected chi connectivity index (χ3v) is 12.7. The van der Waals surface area contributed by atoms with Gasteiger partial charge in [-0.15, -0.1) is 0 Å². The number of benzene rings is 2. The molecule has 2 unspecified atom stereocenters. The second-order valence-electron chi connectivity index (χ2n) is 12.2. The van der Waals surface area contributed by atoms with Gasteiger partial charge in [0.15, 0.2) is 9.84 Å². The molecule has 1 heterocycles. The first-order valence-electron chi connectivity index (χ1n) is 14.3. The van der Waals surface area contributed by atoms with Crippen LogP contribution in [0.4, 0.5) is 35.1 Å². The minimum atomic E-state index is -6.38. The van der Waals surface area contributed by atoms with Gasteiger partial charge in [-0.05, 0) is 80.7 Å². The van der Waals surface area contributed by atoms with Crippen LogP contribution in [0.3, 0.4) is 0 Å². The number of rotatable bonds is 5. The van der Waals surface area contributed by atoms with E-state index in [0.29, 0.717) is 11.6 Å². The molecule has 3 aliphatic rings. The molecule has 1 amide bonds. The van der Waals surface area contributed by atoms with Gasteiger partial charge in [0.1, 0.15) is 4.75 Å². The number of aliphatic carboxylic acids is 1. The Balaban J connectivity index is 1.63. The molecule has 6 nitrogen and oxygen atoms in total. The number of likely N-dealkylation sites (tertiary alicyclic amines) is 1. The van der Waals surface area contributed by atoms with Crippen LogP contribution in [-0.4, -0.2) is 60.9 Å². The van der Waals surface area contributed by atoms with Gasteiger partial charge < -0.3 is 10.0 Å². The van der Waals surface area contributed by atoms with Crippen molar-refractivity contribution in [1.82, 2.24) is 4.90 Å². The molecule has 0 radical (unpaired) electrons. The molecule has 1 aliphatic heterocycles. The fourth-order valence-corrected chi connectivity index (χ4v) is 9.85. The first-order chi connectivity index (χ1) is 21.1. The number of hydrogen-bond donors (Lipinski definition) is 1. The fraction of sp³-hybridized carbons (Fsp3) is 0.533. The van der Waals surface area contributed by atoms with Crippen molar-refractivity contribution in [3.05, 3.63) is 63.7 Å². The molecule has 1 saturated heterocycles. The zero-order chi connectivity index (χ0) is 34.3. The Morgan fingerprint density at radius 2 is 1.54 bits per heavy atom. The van der Waals surface area contributed by atoms with E-state index in [-0.39, 0.29) is 65.8 Å². The molecule has 0 aromatic heterocycles. The highest BCUT2D eigenvalue weighted by Gasteiger charge is 2.74. The summed E-state index contributed by atoms with van der Waals surface area (Å²) in [6.07, 6.45) is -14.7. The van der Waals surface area contributed by atoms with Crippen molar-refractivity contribution in [3.63, 3.8) is 0 Å². The van der Waals surface area contributed by atoms with Crippen molar-refractivity contribution in [2.24, 2.45) is 5.92 Å². The lowest BCUT2D eigenvalue weighted by Crippen LogP contribution is -2.54. The molecule has 252 valence electrons. The van der Waals surface area contributed by atoms with Crippen LogP contribution in [0, 0.1) is 12.8 Å². The number of carbonyl (C=O) groups excluding carboxylic acids is 1. The van der Waals surface area contributed by atoms with Gasteiger partial charge in [0.05, 0.1) is 10.9 Å². The standard InChI is InChI=1S/C30H28ClF8NO5S/c1-16-2-5-20(15-22(16)31)46(44,45)27-12-13-40(24(41)17-8-10-26(32,11-9-17)25(42)43)23(27)7-3-18-14-19(4-6-21(18)27)28(33,29(34,35)36)30(37,38)39/h2,4-6,14-15,17,23H,3,7-13H2,1H3,(H,42,43). The van der Waals surface area contributed by atoms with Gasteiger partial charge in [-0.1, -0.05) is 35.9 Å². The fourth-order valence-electron chi connectivity index (χ4n) is 7.22. The molecule has 1 N–H and O–H groups in total. The Morgan fingerprint density at radius 1 is 0.935 bits per heavy atom. The monoisotopic (exact) mass is 701 g/mol. The van der Waals surface area contributed by atoms with E-state index >= 15 is 4.39 Å². The van der Waals surface area contributed by atoms with Crippen molar-refractivity contribution in [3.8, 4) is 0 Å². The van der Waals surface area contributed by atoms with Crippen molar-refractivity contribution in [2.45, 2.75) is 91.2 Å². The maximum absolute atomic E-state index is 15.0. The summed E-state index contributed by atoms with van der Waals surface area (Å²) >= 11 is 6.23. The maximum Gasteiger partial charge on any atom is 0.435 e. The van der Waals surface area contributed by atoms with E-state index in [9.17, 15) is 53.8 Å². The summed E-state index contributed by atoms with van der Waals surface area (Å²) in [5.41, 5.74) is -9.89. The minimum absolute atomic E-state index is 0.0687. The first-order valence-corrected chi connectivity index (χ1v) is 16.2. The van der Waals surface area contributed by atoms with Crippen molar-refractivity contribution in [2.75, 3.05) is 6.54 Å². The lowest BCUT2D eigenvalue weighted by molar-refractivity contribution is -0.348. The Kier molecular flexibility index (Phi) is 8.27. The highest BCUT2D eigenvalue weighted by Crippen LogP contribution is 2.57. The molecular formula is C30H28ClF8NO5S. The quantitative estimate of drug-likeness (QED) is 0.335. The van der Waals surface area contributed by atoms with Crippen LogP contribution < -0.4 is 0 Å². The van der Waals surface area contributed by atoms with E-state index in [1.165, 1.54) is 23.1 Å². The normalized spacial score (nSPS) is 27.2. The van der Waals surface area contributed by atoms with Crippen LogP contribution in [0.15, 0.2) is 41.3 Å². The van der Waals surface area contributed by atoms with Crippen molar-refractivity contribution >= 4 is 33.3 Å². The topological polar surface area (TPSA) is 91.8 Å². The van der Waals surface area contributed by atoms with E-state index in [0.717, 1.165) is 6.07 Å². The van der Waals surface area contributed by atoms with Gasteiger partial charge in [0, 0.05) is 23.0 Å². The number of hydrogen-bond acceptors (Lipinski definition) is 4. The van der Waals surface area contributed by atoms with Gasteiger partial charge in [-0.2, -0.15) is 26.3 Å². The molecule has 46 heavy (non-hydrogen) atoms. The number of amides is 1. The third kappa shape index (κ3) is 4.98. The van der Waals surface area contributed by atoms with Crippen LogP contribution in [0.1, 0.15) is 60.8 Å². The minimum Gasteiger partial charge on any atom is -0.479 e. The summed E-state index contributed by atoms with van der Waals surface area (Å²) in [4.78, 5) is 26.1. The van der Waals surface area contributed by atoms with Crippen LogP contribution in [-0.2, 0) is 36.3 Å². The second kappa shape index (κ2) is 11.1.